The van der Waals surface area contributed by atoms with Crippen LogP contribution >= 0.6 is 34.6 Å². The minimum atomic E-state index is -5.86. The zero-order valence-corrected chi connectivity index (χ0v) is 19.2. The second-order valence-electron chi connectivity index (χ2n) is 6.92. The number of rotatable bonds is 4. The molecule has 170 valence electrons. The van der Waals surface area contributed by atoms with E-state index >= 15 is 0 Å². The van der Waals surface area contributed by atoms with E-state index in [2.05, 4.69) is 18.5 Å². The predicted molar refractivity (Wildman–Crippen MR) is 112 cm³/mol. The molecule has 3 aromatic heterocycles. The number of hydrogen-bond acceptors (Lipinski definition) is 12. The molecule has 1 aliphatic rings. The third-order valence-corrected chi connectivity index (χ3v) is 7.83. The van der Waals surface area contributed by atoms with E-state index in [1.807, 2.05) is 4.90 Å². The van der Waals surface area contributed by atoms with Crippen molar-refractivity contribution in [2.24, 2.45) is 0 Å². The fourth-order valence-electron chi connectivity index (χ4n) is 3.00. The maximum atomic E-state index is 12.7. The average Bonchev–Trinajstić information content (AvgIpc) is 3.15. The van der Waals surface area contributed by atoms with Crippen LogP contribution in [0.4, 0.5) is 19.0 Å². The molecule has 0 amide bonds. The molecule has 4 rings (SSSR count). The summed E-state index contributed by atoms with van der Waals surface area (Å²) in [7, 11) is -5.86. The number of nitrogens with zero attached hydrogens (tertiary/aromatic N) is 4. The lowest BCUT2D eigenvalue weighted by Crippen LogP contribution is -2.42. The van der Waals surface area contributed by atoms with Crippen molar-refractivity contribution in [1.29, 1.82) is 0 Å². The van der Waals surface area contributed by atoms with Crippen LogP contribution in [0.3, 0.4) is 0 Å². The number of anilines is 1. The minimum Gasteiger partial charge on any atom is -0.386 e. The molecule has 4 heterocycles. The number of thiophene rings is 1. The van der Waals surface area contributed by atoms with Crippen molar-refractivity contribution in [2.45, 2.75) is 23.2 Å². The van der Waals surface area contributed by atoms with Gasteiger partial charge in [-0.25, -0.2) is 9.97 Å². The predicted octanol–water partition coefficient (Wildman–Crippen LogP) is 2.84. The molecule has 3 aromatic rings. The fourth-order valence-corrected chi connectivity index (χ4v) is 6.05. The van der Waals surface area contributed by atoms with Gasteiger partial charge in [0.1, 0.15) is 20.9 Å². The lowest BCUT2D eigenvalue weighted by Gasteiger charge is -2.28. The molecule has 16 heteroatoms. The molecule has 1 saturated heterocycles. The van der Waals surface area contributed by atoms with Gasteiger partial charge in [0.05, 0.1) is 29.8 Å². The summed E-state index contributed by atoms with van der Waals surface area (Å²) in [6.07, 6.45) is 1.77. The largest absolute Gasteiger partial charge is 0.534 e. The first-order valence-corrected chi connectivity index (χ1v) is 12.8. The molecule has 0 saturated carbocycles. The van der Waals surface area contributed by atoms with Gasteiger partial charge in [0.25, 0.3) is 5.88 Å². The summed E-state index contributed by atoms with van der Waals surface area (Å²) < 4.78 is 75.2. The number of aromatic nitrogens is 3. The fraction of sp³-hybridized carbons (Fsp3) is 0.533. The summed E-state index contributed by atoms with van der Waals surface area (Å²) in [4.78, 5) is 11.2. The van der Waals surface area contributed by atoms with Gasteiger partial charge in [0.15, 0.2) is 5.16 Å². The first-order valence-electron chi connectivity index (χ1n) is 8.61. The Hall–Kier alpha value is -1.46. The maximum Gasteiger partial charge on any atom is 0.534 e. The van der Waals surface area contributed by atoms with Gasteiger partial charge in [-0.05, 0) is 24.7 Å². The molecule has 0 aliphatic carbocycles. The summed E-state index contributed by atoms with van der Waals surface area (Å²) >= 11 is 3.03. The van der Waals surface area contributed by atoms with Gasteiger partial charge in [0, 0.05) is 6.54 Å². The van der Waals surface area contributed by atoms with Crippen LogP contribution in [0.2, 0.25) is 0 Å². The van der Waals surface area contributed by atoms with E-state index in [1.165, 1.54) is 11.8 Å². The molecular formula is C15H15F3N4O5S4. The summed E-state index contributed by atoms with van der Waals surface area (Å²) in [6, 6.07) is 0. The number of β-amino-alcohol motifs (C(OH)–C–C–N with tert-alkyl or cyclic N) is 1. The molecule has 1 aliphatic heterocycles. The van der Waals surface area contributed by atoms with E-state index in [1.54, 1.807) is 13.2 Å². The van der Waals surface area contributed by atoms with Crippen LogP contribution in [-0.4, -0.2) is 71.5 Å². The maximum absolute atomic E-state index is 12.7. The Balaban J connectivity index is 1.88. The van der Waals surface area contributed by atoms with Crippen molar-refractivity contribution in [3.8, 4) is 5.88 Å². The highest BCUT2D eigenvalue weighted by atomic mass is 32.2. The smallest absolute Gasteiger partial charge is 0.386 e. The Morgan fingerprint density at radius 2 is 2.06 bits per heavy atom. The highest BCUT2D eigenvalue weighted by molar-refractivity contribution is 7.98. The van der Waals surface area contributed by atoms with Gasteiger partial charge in [-0.3, -0.25) is 0 Å². The second-order valence-corrected chi connectivity index (χ2v) is 11.0. The third kappa shape index (κ3) is 4.28. The van der Waals surface area contributed by atoms with Crippen molar-refractivity contribution >= 4 is 70.2 Å². The molecular weight excluding hydrogens is 501 g/mol. The highest BCUT2D eigenvalue weighted by Crippen LogP contribution is 2.46. The monoisotopic (exact) mass is 516 g/mol. The number of aliphatic hydroxyl groups is 1. The van der Waals surface area contributed by atoms with Crippen LogP contribution < -0.4 is 9.08 Å². The van der Waals surface area contributed by atoms with E-state index < -0.39 is 27.1 Å². The van der Waals surface area contributed by atoms with Crippen LogP contribution in [0.15, 0.2) is 5.16 Å². The molecule has 0 aromatic carbocycles. The normalized spacial score (nSPS) is 21.0. The number of halogens is 3. The number of fused-ring (bicyclic) bond motifs is 3. The average molecular weight is 517 g/mol. The van der Waals surface area contributed by atoms with Gasteiger partial charge in [-0.2, -0.15) is 26.0 Å². The zero-order valence-electron chi connectivity index (χ0n) is 16.0. The first-order chi connectivity index (χ1) is 14.4. The quantitative estimate of drug-likeness (QED) is 0.240. The molecule has 1 N–H and O–H groups in total. The number of hydrogen-bond donors (Lipinski definition) is 1. The van der Waals surface area contributed by atoms with Crippen molar-refractivity contribution in [2.75, 3.05) is 37.5 Å². The third-order valence-electron chi connectivity index (χ3n) is 4.29. The SMILES string of the molecule is CSc1nc(N2CCOC[C@@](C)(O)C2)c2c(n1)sc1c(OS(=O)(=O)C(F)(F)F)nsc12. The lowest BCUT2D eigenvalue weighted by molar-refractivity contribution is -0.0500. The van der Waals surface area contributed by atoms with E-state index in [4.69, 9.17) is 4.74 Å². The van der Waals surface area contributed by atoms with Crippen molar-refractivity contribution < 1.29 is 35.6 Å². The van der Waals surface area contributed by atoms with E-state index in [9.17, 15) is 26.7 Å². The first kappa shape index (κ1) is 22.7. The Morgan fingerprint density at radius 1 is 1.32 bits per heavy atom. The van der Waals surface area contributed by atoms with E-state index in [0.717, 1.165) is 22.9 Å². The molecule has 0 unspecified atom stereocenters. The molecule has 1 atom stereocenters. The van der Waals surface area contributed by atoms with Crippen molar-refractivity contribution in [3.63, 3.8) is 0 Å². The molecule has 0 spiro atoms. The van der Waals surface area contributed by atoms with Crippen LogP contribution in [0.5, 0.6) is 5.88 Å². The number of ether oxygens (including phenoxy) is 1. The topological polar surface area (TPSA) is 115 Å². The number of thioether (sulfide) groups is 1. The Morgan fingerprint density at radius 3 is 2.74 bits per heavy atom. The van der Waals surface area contributed by atoms with Gasteiger partial charge in [-0.15, -0.1) is 11.3 Å². The lowest BCUT2D eigenvalue weighted by atomic mass is 10.1. The van der Waals surface area contributed by atoms with Gasteiger partial charge < -0.3 is 18.9 Å². The minimum absolute atomic E-state index is 0.125. The summed E-state index contributed by atoms with van der Waals surface area (Å²) in [6.45, 7) is 2.72. The van der Waals surface area contributed by atoms with Crippen LogP contribution in [0.25, 0.3) is 19.6 Å². The summed E-state index contributed by atoms with van der Waals surface area (Å²) in [5, 5.41) is 11.5. The van der Waals surface area contributed by atoms with Gasteiger partial charge >= 0.3 is 15.6 Å². The number of alkyl halides is 3. The highest BCUT2D eigenvalue weighted by Gasteiger charge is 2.49. The standard InChI is InChI=1S/C15H15F3N4O5S4/c1-14(23)5-22(3-4-26-6-14)10-7-8-9(29-12(7)20-13(19-10)28-2)11(21-30-8)27-31(24,25)15(16,17)18/h23H,3-6H2,1-2H3/t14-/m0/s1. The zero-order chi connectivity index (χ0) is 22.6. The van der Waals surface area contributed by atoms with Crippen LogP contribution in [0.1, 0.15) is 6.92 Å². The van der Waals surface area contributed by atoms with E-state index in [0.29, 0.717) is 39.0 Å². The van der Waals surface area contributed by atoms with E-state index in [-0.39, 0.29) is 17.9 Å². The second kappa shape index (κ2) is 7.84. The van der Waals surface area contributed by atoms with Gasteiger partial charge in [0.2, 0.25) is 0 Å². The summed E-state index contributed by atoms with van der Waals surface area (Å²) in [5.41, 5.74) is -6.72. The molecule has 9 nitrogen and oxygen atoms in total. The van der Waals surface area contributed by atoms with Gasteiger partial charge in [-0.1, -0.05) is 11.8 Å². The molecule has 31 heavy (non-hydrogen) atoms. The molecule has 0 radical (unpaired) electrons. The molecule has 0 bridgehead atoms. The summed E-state index contributed by atoms with van der Waals surface area (Å²) in [5.74, 6) is -0.191. The van der Waals surface area contributed by atoms with Crippen LogP contribution in [0, 0.1) is 0 Å². The van der Waals surface area contributed by atoms with Crippen molar-refractivity contribution in [1.82, 2.24) is 14.3 Å². The van der Waals surface area contributed by atoms with Crippen LogP contribution in [-0.2, 0) is 14.9 Å². The molecule has 1 fully saturated rings. The Bertz CT molecular complexity index is 1240. The van der Waals surface area contributed by atoms with Crippen molar-refractivity contribution in [3.05, 3.63) is 0 Å². The Kier molecular flexibility index (Phi) is 5.75. The Labute approximate surface area is 186 Å².